The fraction of sp³-hybridized carbons (Fsp3) is 0.300. The Morgan fingerprint density at radius 3 is 2.50 bits per heavy atom. The number of halogens is 5. The lowest BCUT2D eigenvalue weighted by molar-refractivity contribution is -0.137. The average molecular weight is 468 g/mol. The quantitative estimate of drug-likeness (QED) is 0.379. The third-order valence-electron chi connectivity index (χ3n) is 5.38. The molecule has 32 heavy (non-hydrogen) atoms. The van der Waals surface area contributed by atoms with E-state index in [1.165, 1.54) is 12.1 Å². The number of fused-ring (bicyclic) bond motifs is 2. The minimum atomic E-state index is -4.47. The first-order valence-corrected chi connectivity index (χ1v) is 9.75. The summed E-state index contributed by atoms with van der Waals surface area (Å²) >= 11 is 0. The largest absolute Gasteiger partial charge is 0.416 e. The lowest BCUT2D eigenvalue weighted by Crippen LogP contribution is -2.26. The maximum atomic E-state index is 14.6. The van der Waals surface area contributed by atoms with Gasteiger partial charge in [-0.2, -0.15) is 13.2 Å². The highest BCUT2D eigenvalue weighted by molar-refractivity contribution is 5.85. The molecular formula is C20H18ClF4N7. The number of imidazole rings is 1. The van der Waals surface area contributed by atoms with Crippen molar-refractivity contribution in [3.05, 3.63) is 47.3 Å². The lowest BCUT2D eigenvalue weighted by atomic mass is 9.90. The summed E-state index contributed by atoms with van der Waals surface area (Å²) in [6.07, 6.45) is -2.59. The van der Waals surface area contributed by atoms with Crippen molar-refractivity contribution in [2.75, 3.05) is 18.4 Å². The van der Waals surface area contributed by atoms with E-state index >= 15 is 0 Å². The summed E-state index contributed by atoms with van der Waals surface area (Å²) in [5.74, 6) is 0.108. The number of alkyl halides is 3. The number of benzene rings is 2. The van der Waals surface area contributed by atoms with Crippen LogP contribution >= 0.6 is 12.4 Å². The Morgan fingerprint density at radius 2 is 1.75 bits per heavy atom. The molecular weight excluding hydrogens is 450 g/mol. The van der Waals surface area contributed by atoms with Crippen molar-refractivity contribution in [1.29, 1.82) is 0 Å². The van der Waals surface area contributed by atoms with Crippen LogP contribution in [0, 0.1) is 5.82 Å². The molecule has 2 aromatic carbocycles. The lowest BCUT2D eigenvalue weighted by Gasteiger charge is -2.22. The van der Waals surface area contributed by atoms with Crippen molar-refractivity contribution in [2.45, 2.75) is 24.9 Å². The van der Waals surface area contributed by atoms with Gasteiger partial charge in [0.05, 0.1) is 16.6 Å². The van der Waals surface area contributed by atoms with E-state index < -0.39 is 17.6 Å². The number of piperidine rings is 1. The topological polar surface area (TPSA) is 91.4 Å². The maximum absolute atomic E-state index is 14.6. The second-order valence-electron chi connectivity index (χ2n) is 7.47. The highest BCUT2D eigenvalue weighted by Gasteiger charge is 2.30. The minimum Gasteiger partial charge on any atom is -0.324 e. The van der Waals surface area contributed by atoms with Crippen LogP contribution in [0.25, 0.3) is 22.1 Å². The average Bonchev–Trinajstić information content (AvgIpc) is 3.16. The van der Waals surface area contributed by atoms with Crippen LogP contribution in [-0.2, 0) is 6.18 Å². The first-order chi connectivity index (χ1) is 14.9. The normalized spacial score (nSPS) is 15.1. The molecule has 12 heteroatoms. The van der Waals surface area contributed by atoms with Crippen molar-refractivity contribution in [3.8, 4) is 0 Å². The van der Waals surface area contributed by atoms with E-state index in [0.717, 1.165) is 43.6 Å². The van der Waals surface area contributed by atoms with Gasteiger partial charge in [-0.3, -0.25) is 5.32 Å². The predicted octanol–water partition coefficient (Wildman–Crippen LogP) is 4.69. The van der Waals surface area contributed by atoms with Gasteiger partial charge >= 0.3 is 6.18 Å². The number of aromatic amines is 1. The van der Waals surface area contributed by atoms with Gasteiger partial charge < -0.3 is 10.3 Å². The Balaban J connectivity index is 0.00000245. The van der Waals surface area contributed by atoms with Crippen molar-refractivity contribution in [1.82, 2.24) is 30.5 Å². The number of anilines is 2. The van der Waals surface area contributed by atoms with Crippen molar-refractivity contribution < 1.29 is 17.6 Å². The molecule has 1 aliphatic heterocycles. The first-order valence-electron chi connectivity index (χ1n) is 9.75. The van der Waals surface area contributed by atoms with Gasteiger partial charge in [0, 0.05) is 0 Å². The molecule has 7 nitrogen and oxygen atoms in total. The van der Waals surface area contributed by atoms with E-state index in [-0.39, 0.29) is 46.8 Å². The van der Waals surface area contributed by atoms with Crippen LogP contribution in [0.5, 0.6) is 0 Å². The molecule has 1 aliphatic rings. The van der Waals surface area contributed by atoms with E-state index in [4.69, 9.17) is 0 Å². The minimum absolute atomic E-state index is 0. The highest BCUT2D eigenvalue weighted by Crippen LogP contribution is 2.31. The predicted molar refractivity (Wildman–Crippen MR) is 114 cm³/mol. The molecule has 1 saturated heterocycles. The summed E-state index contributed by atoms with van der Waals surface area (Å²) in [5, 5.41) is 13.7. The van der Waals surface area contributed by atoms with Crippen LogP contribution in [-0.4, -0.2) is 38.2 Å². The molecule has 4 aromatic rings. The van der Waals surface area contributed by atoms with E-state index in [1.807, 2.05) is 6.07 Å². The second kappa shape index (κ2) is 8.47. The highest BCUT2D eigenvalue weighted by atomic mass is 35.5. The van der Waals surface area contributed by atoms with Gasteiger partial charge in [0.1, 0.15) is 11.0 Å². The van der Waals surface area contributed by atoms with Crippen LogP contribution < -0.4 is 10.6 Å². The van der Waals surface area contributed by atoms with Crippen molar-refractivity contribution in [2.24, 2.45) is 0 Å². The summed E-state index contributed by atoms with van der Waals surface area (Å²) in [6.45, 7) is 1.80. The number of nitrogens with zero attached hydrogens (tertiary/aromatic N) is 4. The van der Waals surface area contributed by atoms with E-state index in [0.29, 0.717) is 5.52 Å². The molecule has 3 N–H and O–H groups in total. The third kappa shape index (κ3) is 4.30. The summed E-state index contributed by atoms with van der Waals surface area (Å²) < 4.78 is 53.1. The Hall–Kier alpha value is -3.05. The number of aromatic nitrogens is 5. The van der Waals surface area contributed by atoms with Crippen LogP contribution in [0.15, 0.2) is 30.3 Å². The molecule has 3 heterocycles. The summed E-state index contributed by atoms with van der Waals surface area (Å²) in [6, 6.07) is 6.46. The molecule has 0 radical (unpaired) electrons. The van der Waals surface area contributed by atoms with Crippen molar-refractivity contribution in [3.63, 3.8) is 0 Å². The third-order valence-corrected chi connectivity index (χ3v) is 5.38. The summed E-state index contributed by atoms with van der Waals surface area (Å²) in [7, 11) is 0. The second-order valence-corrected chi connectivity index (χ2v) is 7.47. The zero-order valence-corrected chi connectivity index (χ0v) is 17.3. The molecule has 0 atom stereocenters. The van der Waals surface area contributed by atoms with E-state index in [2.05, 4.69) is 35.8 Å². The molecule has 0 aliphatic carbocycles. The molecule has 168 valence electrons. The summed E-state index contributed by atoms with van der Waals surface area (Å²) in [5.41, 5.74) is 1.08. The molecule has 5 rings (SSSR count). The zero-order chi connectivity index (χ0) is 21.6. The molecule has 2 aromatic heterocycles. The SMILES string of the molecule is Cl.Fc1cc(C2CCNCC2)cc2[nH]c(Nc3nnc4cc(C(F)(F)F)ccc4n3)nc12. The Kier molecular flexibility index (Phi) is 5.87. The van der Waals surface area contributed by atoms with E-state index in [9.17, 15) is 17.6 Å². The standard InChI is InChI=1S/C20H17F4N7.ClH/c21-13-7-11(10-3-5-25-6-4-10)8-16-17(13)28-18(27-16)29-19-26-14-2-1-12(20(22,23)24)9-15(14)30-31-19;/h1-2,7-10,25H,3-6H2,(H2,26,27,28,29,31);1H. The Morgan fingerprint density at radius 1 is 0.969 bits per heavy atom. The number of hydrogen-bond acceptors (Lipinski definition) is 6. The Bertz CT molecular complexity index is 1270. The molecule has 0 bridgehead atoms. The number of rotatable bonds is 3. The van der Waals surface area contributed by atoms with Crippen LogP contribution in [0.1, 0.15) is 29.9 Å². The number of nitrogens with one attached hydrogen (secondary N) is 3. The van der Waals surface area contributed by atoms with Gasteiger partial charge in [-0.05, 0) is 67.7 Å². The smallest absolute Gasteiger partial charge is 0.324 e. The number of H-pyrrole nitrogens is 1. The van der Waals surface area contributed by atoms with Crippen molar-refractivity contribution >= 4 is 46.4 Å². The fourth-order valence-electron chi connectivity index (χ4n) is 3.82. The maximum Gasteiger partial charge on any atom is 0.416 e. The molecule has 0 saturated carbocycles. The van der Waals surface area contributed by atoms with Gasteiger partial charge in [0.2, 0.25) is 11.9 Å². The fourth-order valence-corrected chi connectivity index (χ4v) is 3.82. The monoisotopic (exact) mass is 467 g/mol. The van der Waals surface area contributed by atoms with Gasteiger partial charge in [-0.1, -0.05) is 0 Å². The molecule has 0 amide bonds. The van der Waals surface area contributed by atoms with E-state index in [1.54, 1.807) is 0 Å². The van der Waals surface area contributed by atoms with Gasteiger partial charge in [0.15, 0.2) is 5.82 Å². The van der Waals surface area contributed by atoms with Crippen LogP contribution in [0.4, 0.5) is 29.5 Å². The first kappa shape index (κ1) is 22.2. The Labute approximate surface area is 185 Å². The molecule has 0 spiro atoms. The van der Waals surface area contributed by atoms with Gasteiger partial charge in [-0.25, -0.2) is 14.4 Å². The zero-order valence-electron chi connectivity index (χ0n) is 16.5. The van der Waals surface area contributed by atoms with Gasteiger partial charge in [-0.15, -0.1) is 22.6 Å². The van der Waals surface area contributed by atoms with Crippen LogP contribution in [0.2, 0.25) is 0 Å². The number of hydrogen-bond donors (Lipinski definition) is 3. The molecule has 0 unspecified atom stereocenters. The van der Waals surface area contributed by atoms with Crippen LogP contribution in [0.3, 0.4) is 0 Å². The van der Waals surface area contributed by atoms with Gasteiger partial charge in [0.25, 0.3) is 0 Å². The molecule has 1 fully saturated rings. The summed E-state index contributed by atoms with van der Waals surface area (Å²) in [4.78, 5) is 11.4.